The number of aromatic amines is 1. The summed E-state index contributed by atoms with van der Waals surface area (Å²) >= 11 is 0. The highest BCUT2D eigenvalue weighted by molar-refractivity contribution is 5.92. The number of benzene rings is 3. The molecule has 7 heteroatoms. The molecule has 0 atom stereocenters. The van der Waals surface area contributed by atoms with Gasteiger partial charge in [-0.3, -0.25) is 0 Å². The van der Waals surface area contributed by atoms with E-state index in [0.717, 1.165) is 17.2 Å². The van der Waals surface area contributed by atoms with Crippen LogP contribution in [-0.2, 0) is 11.3 Å². The predicted octanol–water partition coefficient (Wildman–Crippen LogP) is 6.42. The van der Waals surface area contributed by atoms with Gasteiger partial charge in [-0.15, -0.1) is 0 Å². The molecule has 1 aliphatic carbocycles. The van der Waals surface area contributed by atoms with Crippen LogP contribution in [0.4, 0.5) is 18.0 Å². The van der Waals surface area contributed by atoms with Crippen LogP contribution < -0.4 is 5.32 Å². The molecule has 5 rings (SSSR count). The summed E-state index contributed by atoms with van der Waals surface area (Å²) in [6.07, 6.45) is 0.253. The monoisotopic (exact) mass is 450 g/mol. The van der Waals surface area contributed by atoms with E-state index in [1.807, 2.05) is 30.3 Å². The van der Waals surface area contributed by atoms with Crippen molar-refractivity contribution in [2.24, 2.45) is 0 Å². The van der Waals surface area contributed by atoms with Crippen molar-refractivity contribution >= 4 is 17.0 Å². The molecule has 0 saturated heterocycles. The van der Waals surface area contributed by atoms with Crippen LogP contribution in [0.5, 0.6) is 0 Å². The molecule has 4 aromatic rings. The molecule has 33 heavy (non-hydrogen) atoms. The third-order valence-electron chi connectivity index (χ3n) is 6.05. The lowest BCUT2D eigenvalue weighted by Gasteiger charge is -2.35. The summed E-state index contributed by atoms with van der Waals surface area (Å²) < 4.78 is 47.4. The molecule has 0 unspecified atom stereocenters. The highest BCUT2D eigenvalue weighted by Crippen LogP contribution is 2.46. The fourth-order valence-corrected chi connectivity index (χ4v) is 4.37. The Kier molecular flexibility index (Phi) is 5.54. The third kappa shape index (κ3) is 4.31. The maximum Gasteiger partial charge on any atom is 0.407 e. The predicted molar refractivity (Wildman–Crippen MR) is 119 cm³/mol. The summed E-state index contributed by atoms with van der Waals surface area (Å²) in [5, 5.41) is 3.18. The molecule has 1 amide bonds. The second kappa shape index (κ2) is 8.65. The lowest BCUT2D eigenvalue weighted by Crippen LogP contribution is -2.36. The smallest absolute Gasteiger partial charge is 0.407 e. The van der Waals surface area contributed by atoms with Crippen LogP contribution in [0, 0.1) is 17.5 Å². The van der Waals surface area contributed by atoms with Gasteiger partial charge in [0, 0.05) is 18.0 Å². The van der Waals surface area contributed by atoms with E-state index in [1.165, 1.54) is 18.2 Å². The molecule has 1 aliphatic rings. The SMILES string of the molecule is O=C(NCc1ccccc1)OC1CC(c2c(-c3ccc(F)cc3)[nH]c3c(F)cc(F)cc23)C1. The molecule has 4 nitrogen and oxygen atoms in total. The maximum absolute atomic E-state index is 14.5. The van der Waals surface area contributed by atoms with Crippen LogP contribution >= 0.6 is 0 Å². The van der Waals surface area contributed by atoms with E-state index in [0.29, 0.717) is 36.0 Å². The minimum Gasteiger partial charge on any atom is -0.446 e. The molecule has 0 radical (unpaired) electrons. The zero-order valence-electron chi connectivity index (χ0n) is 17.6. The molecule has 1 fully saturated rings. The van der Waals surface area contributed by atoms with Crippen molar-refractivity contribution in [3.63, 3.8) is 0 Å². The first-order valence-electron chi connectivity index (χ1n) is 10.7. The molecule has 2 N–H and O–H groups in total. The van der Waals surface area contributed by atoms with Crippen molar-refractivity contribution in [3.8, 4) is 11.3 Å². The quantitative estimate of drug-likeness (QED) is 0.368. The number of ether oxygens (including phenoxy) is 1. The molecule has 3 aromatic carbocycles. The van der Waals surface area contributed by atoms with E-state index in [-0.39, 0.29) is 23.4 Å². The van der Waals surface area contributed by atoms with E-state index in [4.69, 9.17) is 4.74 Å². The number of rotatable bonds is 5. The first-order valence-corrected chi connectivity index (χ1v) is 10.7. The number of aromatic nitrogens is 1. The van der Waals surface area contributed by atoms with Crippen molar-refractivity contribution in [2.75, 3.05) is 0 Å². The van der Waals surface area contributed by atoms with E-state index in [9.17, 15) is 18.0 Å². The Morgan fingerprint density at radius 3 is 2.42 bits per heavy atom. The number of carbonyl (C=O) groups excluding carboxylic acids is 1. The molecular formula is C26H21F3N2O2. The van der Waals surface area contributed by atoms with Gasteiger partial charge in [0.2, 0.25) is 0 Å². The summed E-state index contributed by atoms with van der Waals surface area (Å²) in [6, 6.07) is 17.5. The van der Waals surface area contributed by atoms with Gasteiger partial charge >= 0.3 is 6.09 Å². The zero-order chi connectivity index (χ0) is 22.9. The molecule has 1 heterocycles. The standard InChI is InChI=1S/C26H21F3N2O2/c27-18-8-6-16(7-9-18)24-23(21-12-19(28)13-22(29)25(21)31-24)17-10-20(11-17)33-26(32)30-14-15-4-2-1-3-5-15/h1-9,12-13,17,20,31H,10-11,14H2,(H,30,32). The van der Waals surface area contributed by atoms with Crippen LogP contribution in [0.3, 0.4) is 0 Å². The first-order chi connectivity index (χ1) is 16.0. The zero-order valence-corrected chi connectivity index (χ0v) is 17.6. The van der Waals surface area contributed by atoms with Gasteiger partial charge in [-0.05, 0) is 65.8 Å². The van der Waals surface area contributed by atoms with E-state index in [2.05, 4.69) is 10.3 Å². The Labute approximate surface area is 188 Å². The van der Waals surface area contributed by atoms with Gasteiger partial charge in [-0.25, -0.2) is 18.0 Å². The number of fused-ring (bicyclic) bond motifs is 1. The summed E-state index contributed by atoms with van der Waals surface area (Å²) in [7, 11) is 0. The lowest BCUT2D eigenvalue weighted by atomic mass is 9.75. The number of amides is 1. The van der Waals surface area contributed by atoms with Crippen LogP contribution in [-0.4, -0.2) is 17.2 Å². The van der Waals surface area contributed by atoms with Crippen molar-refractivity contribution in [2.45, 2.75) is 31.4 Å². The lowest BCUT2D eigenvalue weighted by molar-refractivity contribution is 0.0396. The van der Waals surface area contributed by atoms with Crippen molar-refractivity contribution in [3.05, 3.63) is 95.3 Å². The van der Waals surface area contributed by atoms with Gasteiger partial charge < -0.3 is 15.0 Å². The van der Waals surface area contributed by atoms with E-state index >= 15 is 0 Å². The second-order valence-corrected chi connectivity index (χ2v) is 8.27. The average molecular weight is 450 g/mol. The summed E-state index contributed by atoms with van der Waals surface area (Å²) in [4.78, 5) is 15.2. The number of halogens is 3. The fraction of sp³-hybridized carbons (Fsp3) is 0.192. The van der Waals surface area contributed by atoms with Crippen LogP contribution in [0.2, 0.25) is 0 Å². The Bertz CT molecular complexity index is 1300. The fourth-order valence-electron chi connectivity index (χ4n) is 4.37. The second-order valence-electron chi connectivity index (χ2n) is 8.27. The number of alkyl carbamates (subject to hydrolysis) is 1. The first kappa shape index (κ1) is 21.1. The molecule has 1 aromatic heterocycles. The molecule has 0 bridgehead atoms. The number of hydrogen-bond donors (Lipinski definition) is 2. The highest BCUT2D eigenvalue weighted by Gasteiger charge is 2.37. The minimum atomic E-state index is -0.688. The van der Waals surface area contributed by atoms with Crippen molar-refractivity contribution in [1.29, 1.82) is 0 Å². The van der Waals surface area contributed by atoms with Gasteiger partial charge in [0.05, 0.1) is 11.2 Å². The highest BCUT2D eigenvalue weighted by atomic mass is 19.1. The average Bonchev–Trinajstić information content (AvgIpc) is 3.15. The minimum absolute atomic E-state index is 0.0630. The number of hydrogen-bond acceptors (Lipinski definition) is 2. The summed E-state index contributed by atoms with van der Waals surface area (Å²) in [5.74, 6) is -1.80. The third-order valence-corrected chi connectivity index (χ3v) is 6.05. The summed E-state index contributed by atoms with van der Waals surface area (Å²) in [5.41, 5.74) is 3.21. The molecule has 1 saturated carbocycles. The Morgan fingerprint density at radius 2 is 1.70 bits per heavy atom. The van der Waals surface area contributed by atoms with E-state index in [1.54, 1.807) is 12.1 Å². The molecular weight excluding hydrogens is 429 g/mol. The van der Waals surface area contributed by atoms with Crippen molar-refractivity contribution in [1.82, 2.24) is 10.3 Å². The topological polar surface area (TPSA) is 54.1 Å². The van der Waals surface area contributed by atoms with E-state index < -0.39 is 17.7 Å². The molecule has 0 spiro atoms. The number of nitrogens with one attached hydrogen (secondary N) is 2. The normalized spacial score (nSPS) is 17.5. The maximum atomic E-state index is 14.5. The Hall–Kier alpha value is -3.74. The van der Waals surface area contributed by atoms with Crippen molar-refractivity contribution < 1.29 is 22.7 Å². The van der Waals surface area contributed by atoms with Crippen LogP contribution in [0.25, 0.3) is 22.2 Å². The van der Waals surface area contributed by atoms with Crippen LogP contribution in [0.15, 0.2) is 66.7 Å². The van der Waals surface area contributed by atoms with Gasteiger partial charge in [0.15, 0.2) is 0 Å². The van der Waals surface area contributed by atoms with Gasteiger partial charge in [-0.2, -0.15) is 0 Å². The Morgan fingerprint density at radius 1 is 0.970 bits per heavy atom. The molecule has 0 aliphatic heterocycles. The summed E-state index contributed by atoms with van der Waals surface area (Å²) in [6.45, 7) is 0.367. The van der Waals surface area contributed by atoms with Crippen LogP contribution in [0.1, 0.15) is 29.9 Å². The van der Waals surface area contributed by atoms with Gasteiger partial charge in [0.25, 0.3) is 0 Å². The number of carbonyl (C=O) groups is 1. The number of H-pyrrole nitrogens is 1. The van der Waals surface area contributed by atoms with Gasteiger partial charge in [0.1, 0.15) is 23.6 Å². The Balaban J connectivity index is 1.34. The van der Waals surface area contributed by atoms with Gasteiger partial charge in [-0.1, -0.05) is 30.3 Å². The largest absolute Gasteiger partial charge is 0.446 e. The molecule has 168 valence electrons.